The van der Waals surface area contributed by atoms with Crippen molar-refractivity contribution < 1.29 is 8.83 Å². The lowest BCUT2D eigenvalue weighted by Gasteiger charge is -2.34. The molecule has 0 spiro atoms. The van der Waals surface area contributed by atoms with Gasteiger partial charge in [0.15, 0.2) is 16.1 Å². The molecule has 6 heteroatoms. The van der Waals surface area contributed by atoms with E-state index in [1.165, 1.54) is 96.1 Å². The molecular formula is C118H86N2O2Si2. The van der Waals surface area contributed by atoms with E-state index in [2.05, 4.69) is 468 Å². The molecule has 0 radical (unpaired) electrons. The Morgan fingerprint density at radius 2 is 0.492 bits per heavy atom. The van der Waals surface area contributed by atoms with Gasteiger partial charge in [-0.15, -0.1) is 0 Å². The van der Waals surface area contributed by atoms with Crippen LogP contribution >= 0.6 is 0 Å². The number of para-hydroxylation sites is 2. The van der Waals surface area contributed by atoms with Gasteiger partial charge in [-0.2, -0.15) is 0 Å². The van der Waals surface area contributed by atoms with Crippen molar-refractivity contribution in [2.24, 2.45) is 0 Å². The summed E-state index contributed by atoms with van der Waals surface area (Å²) in [6.45, 7) is 9.38. The minimum absolute atomic E-state index is 0.251. The molecule has 588 valence electrons. The van der Waals surface area contributed by atoms with Crippen molar-refractivity contribution in [3.05, 3.63) is 460 Å². The molecule has 0 unspecified atom stereocenters. The Morgan fingerprint density at radius 3 is 0.823 bits per heavy atom. The third kappa shape index (κ3) is 12.7. The number of anilines is 6. The van der Waals surface area contributed by atoms with Crippen LogP contribution in [0.25, 0.3) is 121 Å². The standard InChI is InChI=1S/C118H86N2O2Si2/c1-79(2)109-77-111(85-47-59-89(60-48-85)119(91-63-69-103-101-39-23-25-41-113(101)121-115(103)75-91)87-55-43-81(44-56-87)83-51-65-99(66-52-83)123(93-27-11-5-12-28-93,94-29-13-6-14-30-94)95-31-15-7-16-32-95)107-74-72-106-110(80(3)4)78-112(108-73-71-105(109)117(107)118(106)108)86-49-61-90(62-50-86)120(92-64-70-104-102-40-24-26-42-114(102)122-116(104)76-92)88-57-45-82(46-58-88)84-53-67-100(68-54-84)124(96-33-17-8-18-34-96,97-35-19-9-20-36-97)98-37-21-10-22-38-98/h5-9,11-21,23-80H,1-4H3. The van der Waals surface area contributed by atoms with Gasteiger partial charge in [-0.3, -0.25) is 0 Å². The summed E-state index contributed by atoms with van der Waals surface area (Å²) in [7, 11) is -5.47. The molecule has 0 aliphatic carbocycles. The van der Waals surface area contributed by atoms with E-state index in [-0.39, 0.29) is 11.8 Å². The minimum atomic E-state index is -2.76. The van der Waals surface area contributed by atoms with E-state index in [4.69, 9.17) is 8.83 Å². The first-order valence-electron chi connectivity index (χ1n) is 43.1. The average Bonchev–Trinajstić information content (AvgIpc) is 0.794. The van der Waals surface area contributed by atoms with Gasteiger partial charge >= 0.3 is 0 Å². The van der Waals surface area contributed by atoms with Crippen molar-refractivity contribution >= 4 is 168 Å². The van der Waals surface area contributed by atoms with E-state index in [0.717, 1.165) is 111 Å². The molecule has 0 saturated heterocycles. The molecule has 2 heterocycles. The van der Waals surface area contributed by atoms with E-state index in [0.29, 0.717) is 0 Å². The molecule has 0 fully saturated rings. The highest BCUT2D eigenvalue weighted by Crippen LogP contribution is 2.50. The number of furan rings is 2. The Hall–Kier alpha value is -15.1. The summed E-state index contributed by atoms with van der Waals surface area (Å²) in [6, 6.07) is 169. The molecule has 0 bridgehead atoms. The second-order valence-electron chi connectivity index (χ2n) is 33.5. The van der Waals surface area contributed by atoms with Crippen molar-refractivity contribution in [1.82, 2.24) is 0 Å². The Kier molecular flexibility index (Phi) is 18.9. The van der Waals surface area contributed by atoms with Gasteiger partial charge in [-0.25, -0.2) is 0 Å². The first-order chi connectivity index (χ1) is 61.1. The zero-order valence-electron chi connectivity index (χ0n) is 69.4. The molecule has 20 aromatic carbocycles. The molecule has 0 amide bonds. The van der Waals surface area contributed by atoms with Crippen LogP contribution in [0.3, 0.4) is 0 Å². The molecule has 0 aliphatic rings. The first kappa shape index (κ1) is 75.1. The maximum Gasteiger partial charge on any atom is 0.180 e. The Bertz CT molecular complexity index is 7000. The van der Waals surface area contributed by atoms with Gasteiger partial charge in [-0.1, -0.05) is 355 Å². The topological polar surface area (TPSA) is 32.8 Å². The van der Waals surface area contributed by atoms with Gasteiger partial charge in [0.2, 0.25) is 0 Å². The fourth-order valence-corrected chi connectivity index (χ4v) is 29.5. The summed E-state index contributed by atoms with van der Waals surface area (Å²) in [5.41, 5.74) is 21.6. The summed E-state index contributed by atoms with van der Waals surface area (Å²) < 4.78 is 13.3. The quantitative estimate of drug-likeness (QED) is 0.0433. The highest BCUT2D eigenvalue weighted by Gasteiger charge is 2.43. The summed E-state index contributed by atoms with van der Waals surface area (Å²) in [5.74, 6) is 0.502. The van der Waals surface area contributed by atoms with E-state index in [1.807, 2.05) is 18.2 Å². The van der Waals surface area contributed by atoms with Crippen LogP contribution in [0.4, 0.5) is 34.1 Å². The van der Waals surface area contributed by atoms with E-state index in [9.17, 15) is 0 Å². The van der Waals surface area contributed by atoms with Crippen LogP contribution in [0.15, 0.2) is 446 Å². The molecule has 4 nitrogen and oxygen atoms in total. The maximum absolute atomic E-state index is 6.64. The van der Waals surface area contributed by atoms with Crippen LogP contribution in [0, 0.1) is 12.1 Å². The van der Waals surface area contributed by atoms with Crippen LogP contribution in [0.1, 0.15) is 50.7 Å². The smallest absolute Gasteiger partial charge is 0.180 e. The lowest BCUT2D eigenvalue weighted by atomic mass is 9.81. The van der Waals surface area contributed by atoms with Crippen LogP contribution in [0.5, 0.6) is 0 Å². The minimum Gasteiger partial charge on any atom is -0.456 e. The Balaban J connectivity index is 0.618. The van der Waals surface area contributed by atoms with Crippen molar-refractivity contribution in [3.63, 3.8) is 0 Å². The molecule has 0 aliphatic heterocycles. The van der Waals surface area contributed by atoms with E-state index in [1.54, 1.807) is 0 Å². The van der Waals surface area contributed by atoms with E-state index >= 15 is 0 Å². The third-order valence-corrected chi connectivity index (χ3v) is 35.6. The van der Waals surface area contributed by atoms with Crippen molar-refractivity contribution in [2.75, 3.05) is 9.80 Å². The predicted molar refractivity (Wildman–Crippen MR) is 529 cm³/mol. The van der Waals surface area contributed by atoms with Gasteiger partial charge in [-0.05, 0) is 250 Å². The Labute approximate surface area is 725 Å². The number of hydrogen-bond acceptors (Lipinski definition) is 4. The molecule has 0 N–H and O–H groups in total. The highest BCUT2D eigenvalue weighted by atomic mass is 28.3. The lowest BCUT2D eigenvalue weighted by Crippen LogP contribution is -2.74. The highest BCUT2D eigenvalue weighted by molar-refractivity contribution is 7.20. The second kappa shape index (κ2) is 31.2. The number of rotatable bonds is 20. The summed E-state index contributed by atoms with van der Waals surface area (Å²) >= 11 is 0. The first-order valence-corrected chi connectivity index (χ1v) is 47.1. The van der Waals surface area contributed by atoms with Crippen molar-refractivity contribution in [1.29, 1.82) is 0 Å². The fraction of sp³-hybridized carbons (Fsp3) is 0.0508. The largest absolute Gasteiger partial charge is 0.456 e. The van der Waals surface area contributed by atoms with Crippen LogP contribution in [-0.4, -0.2) is 16.1 Å². The second-order valence-corrected chi connectivity index (χ2v) is 41.1. The van der Waals surface area contributed by atoms with Crippen molar-refractivity contribution in [2.45, 2.75) is 39.5 Å². The summed E-state index contributed by atoms with van der Waals surface area (Å²) in [5, 5.41) is 22.7. The number of hydrogen-bond donors (Lipinski definition) is 0. The molecular weight excluding hydrogens is 1530 g/mol. The molecule has 2 aromatic heterocycles. The molecule has 0 saturated carbocycles. The lowest BCUT2D eigenvalue weighted by molar-refractivity contribution is 0.668. The normalized spacial score (nSPS) is 12.0. The maximum atomic E-state index is 6.64. The van der Waals surface area contributed by atoms with Gasteiger partial charge in [0.05, 0.1) is 0 Å². The van der Waals surface area contributed by atoms with Crippen LogP contribution < -0.4 is 51.3 Å². The van der Waals surface area contributed by atoms with Gasteiger partial charge in [0.1, 0.15) is 22.3 Å². The van der Waals surface area contributed by atoms with E-state index < -0.39 is 16.1 Å². The monoisotopic (exact) mass is 1620 g/mol. The summed E-state index contributed by atoms with van der Waals surface area (Å²) in [4.78, 5) is 4.74. The molecule has 22 rings (SSSR count). The Morgan fingerprint density at radius 1 is 0.218 bits per heavy atom. The molecule has 0 atom stereocenters. The van der Waals surface area contributed by atoms with Gasteiger partial charge < -0.3 is 18.6 Å². The average molecular weight is 1620 g/mol. The van der Waals surface area contributed by atoms with Gasteiger partial charge in [0.25, 0.3) is 0 Å². The van der Waals surface area contributed by atoms with Crippen LogP contribution in [-0.2, 0) is 0 Å². The number of fused-ring (bicyclic) bond motifs is 6. The number of benzene rings is 19. The molecule has 124 heavy (non-hydrogen) atoms. The SMILES string of the molecule is CC(C)c1cc(-c2ccc(N(c3ccc(-c4ccc([Si](c5cc#ccc5)(c5ccccc5)c5ccccc5)cc4)cc3)c3ccc4c(c3)oc3ccccc34)cc2)c2ccc3c(C(C)C)cc(-c4ccc(N(c5ccc(-c6ccc([Si](c7ccccc7)(c7ccccc7)c7ccccc7)cc6)cc5)c5ccc6c(c5)oc5ccccc56)cc4)c4ccc1c2c43. The zero-order valence-corrected chi connectivity index (χ0v) is 71.4. The molecule has 22 aromatic rings. The number of nitrogens with zero attached hydrogens (tertiary/aromatic N) is 2. The third-order valence-electron chi connectivity index (χ3n) is 26.0. The van der Waals surface area contributed by atoms with Crippen molar-refractivity contribution in [3.8, 4) is 44.5 Å². The van der Waals surface area contributed by atoms with Gasteiger partial charge in [0, 0.05) is 67.8 Å². The summed E-state index contributed by atoms with van der Waals surface area (Å²) in [6.07, 6.45) is 0. The fourth-order valence-electron chi connectivity index (χ4n) is 20.1. The predicted octanol–water partition coefficient (Wildman–Crippen LogP) is 26.6. The van der Waals surface area contributed by atoms with Crippen LogP contribution in [0.2, 0.25) is 0 Å². The zero-order chi connectivity index (χ0) is 83.0.